The molecule has 9 atom stereocenters. The van der Waals surface area contributed by atoms with Gasteiger partial charge in [-0.25, -0.2) is 10.1 Å². The van der Waals surface area contributed by atoms with Gasteiger partial charge in [-0.05, 0) is 19.9 Å². The molecule has 0 saturated carbocycles. The van der Waals surface area contributed by atoms with Gasteiger partial charge in [0, 0.05) is 61.2 Å². The molecule has 0 fully saturated rings. The topological polar surface area (TPSA) is 307 Å². The molecule has 2 aromatic rings. The summed E-state index contributed by atoms with van der Waals surface area (Å²) in [6, 6.07) is 0. The third-order valence-electron chi connectivity index (χ3n) is 10.6. The number of carbonyl (C=O) groups is 3. The van der Waals surface area contributed by atoms with Crippen LogP contribution >= 0.6 is 0 Å². The molecule has 20 heteroatoms. The number of rotatable bonds is 5. The summed E-state index contributed by atoms with van der Waals surface area (Å²) in [4.78, 5) is 51.0. The lowest BCUT2D eigenvalue weighted by Gasteiger charge is -2.38. The summed E-state index contributed by atoms with van der Waals surface area (Å²) in [5.41, 5.74) is 5.72. The van der Waals surface area contributed by atoms with Gasteiger partial charge in [0.2, 0.25) is 0 Å². The number of allylic oxidation sites excluding steroid dienone is 2. The van der Waals surface area contributed by atoms with Crippen molar-refractivity contribution in [1.29, 1.82) is 0 Å². The van der Waals surface area contributed by atoms with Crippen molar-refractivity contribution in [3.8, 4) is 23.0 Å². The zero-order valence-electron chi connectivity index (χ0n) is 33.9. The van der Waals surface area contributed by atoms with Gasteiger partial charge in [0.15, 0.2) is 10.8 Å². The van der Waals surface area contributed by atoms with Crippen molar-refractivity contribution >= 4 is 46.3 Å². The highest BCUT2D eigenvalue weighted by Crippen LogP contribution is 2.55. The molecule has 1 amide bonds. The molecule has 3 heterocycles. The Morgan fingerprint density at radius 2 is 1.69 bits per heavy atom. The number of fused-ring (bicyclic) bond motifs is 14. The molecule has 320 valence electrons. The number of ketones is 1. The molecule has 20 nitrogen and oxygen atoms in total. The molecule has 0 radical (unpaired) electrons. The zero-order chi connectivity index (χ0) is 44.3. The number of nitro groups is 1. The van der Waals surface area contributed by atoms with Gasteiger partial charge in [-0.3, -0.25) is 14.4 Å². The Kier molecular flexibility index (Phi) is 14.0. The van der Waals surface area contributed by atoms with Crippen LogP contribution < -0.4 is 21.2 Å². The SMILES string of the molecule is CO[C@@H]1C=CO[C@@]2(C)Oc3c(C)c(O)c4c(O)c(c(C=NN=C(N)N[N+](=O)[O-])c(O)c4c3C2=O)NC(=O)C(C)=CC=C[C@H](C)[C@H](O)[C@H](C)[C@H](O)[C@H](C)[C@H](OC(C)=O)[C@@H]1C. The largest absolute Gasteiger partial charge is 0.507 e. The molecule has 0 aromatic heterocycles. The van der Waals surface area contributed by atoms with Gasteiger partial charge < -0.3 is 55.5 Å². The average molecular weight is 827 g/mol. The number of nitrogens with one attached hydrogen (secondary N) is 2. The van der Waals surface area contributed by atoms with E-state index in [1.165, 1.54) is 53.0 Å². The Morgan fingerprint density at radius 1 is 1.03 bits per heavy atom. The number of carbonyl (C=O) groups excluding carboxylic acids is 3. The fourth-order valence-corrected chi connectivity index (χ4v) is 7.14. The van der Waals surface area contributed by atoms with Gasteiger partial charge in [-0.2, -0.15) is 5.10 Å². The first kappa shape index (κ1) is 45.5. The fraction of sp³-hybridized carbons (Fsp3) is 0.462. The van der Waals surface area contributed by atoms with E-state index < -0.39 is 122 Å². The predicted molar refractivity (Wildman–Crippen MR) is 213 cm³/mol. The third kappa shape index (κ3) is 9.24. The van der Waals surface area contributed by atoms with Crippen molar-refractivity contribution in [3.05, 3.63) is 62.9 Å². The number of phenolic OH excluding ortho intramolecular Hbond substituents is 3. The molecule has 0 spiro atoms. The predicted octanol–water partition coefficient (Wildman–Crippen LogP) is 3.18. The van der Waals surface area contributed by atoms with Crippen molar-refractivity contribution < 1.29 is 63.9 Å². The van der Waals surface area contributed by atoms with E-state index in [1.807, 2.05) is 0 Å². The summed E-state index contributed by atoms with van der Waals surface area (Å²) < 4.78 is 23.3. The number of methoxy groups -OCH3 is 1. The number of esters is 1. The molecule has 5 bridgehead atoms. The first-order chi connectivity index (χ1) is 27.6. The Balaban J connectivity index is 1.99. The van der Waals surface area contributed by atoms with Gasteiger partial charge in [-0.15, -0.1) is 5.10 Å². The van der Waals surface area contributed by atoms with E-state index in [9.17, 15) is 50.0 Å². The smallest absolute Gasteiger partial charge is 0.312 e. The van der Waals surface area contributed by atoms with Gasteiger partial charge in [0.05, 0.1) is 53.0 Å². The number of aliphatic hydroxyl groups excluding tert-OH is 2. The molecule has 59 heavy (non-hydrogen) atoms. The number of ether oxygens (including phenoxy) is 4. The first-order valence-electron chi connectivity index (χ1n) is 18.4. The number of hydrogen-bond donors (Lipinski definition) is 8. The molecule has 3 aliphatic heterocycles. The second-order valence-corrected chi connectivity index (χ2v) is 14.7. The van der Waals surface area contributed by atoms with Crippen LogP contribution in [0.2, 0.25) is 0 Å². The number of phenols is 3. The number of aromatic hydroxyl groups is 3. The molecule has 0 unspecified atom stereocenters. The normalized spacial score (nSPS) is 28.3. The van der Waals surface area contributed by atoms with Crippen LogP contribution in [0.4, 0.5) is 5.69 Å². The number of benzene rings is 2. The lowest BCUT2D eigenvalue weighted by molar-refractivity contribution is -0.525. The Bertz CT molecular complexity index is 2170. The van der Waals surface area contributed by atoms with E-state index in [-0.39, 0.29) is 22.4 Å². The van der Waals surface area contributed by atoms with Crippen LogP contribution in [0, 0.1) is 40.7 Å². The number of hydrazine groups is 1. The highest BCUT2D eigenvalue weighted by molar-refractivity contribution is 6.23. The number of aliphatic hydroxyl groups is 2. The summed E-state index contributed by atoms with van der Waals surface area (Å²) >= 11 is 0. The highest BCUT2D eigenvalue weighted by atomic mass is 16.7. The van der Waals surface area contributed by atoms with Gasteiger partial charge in [0.25, 0.3) is 17.6 Å². The van der Waals surface area contributed by atoms with Gasteiger partial charge in [-0.1, -0.05) is 51.3 Å². The number of nitrogens with two attached hydrogens (primary N) is 1. The highest BCUT2D eigenvalue weighted by Gasteiger charge is 2.50. The van der Waals surface area contributed by atoms with Crippen molar-refractivity contribution in [2.45, 2.75) is 85.6 Å². The fourth-order valence-electron chi connectivity index (χ4n) is 7.14. The Labute approximate surface area is 338 Å². The van der Waals surface area contributed by atoms with E-state index in [2.05, 4.69) is 15.5 Å². The van der Waals surface area contributed by atoms with Crippen molar-refractivity contribution in [2.75, 3.05) is 12.4 Å². The lowest BCUT2D eigenvalue weighted by atomic mass is 9.78. The number of guanidine groups is 1. The maximum Gasteiger partial charge on any atom is 0.312 e. The summed E-state index contributed by atoms with van der Waals surface area (Å²) in [7, 11) is 1.39. The van der Waals surface area contributed by atoms with Crippen LogP contribution in [0.25, 0.3) is 10.8 Å². The van der Waals surface area contributed by atoms with Crippen LogP contribution in [0.5, 0.6) is 23.0 Å². The quantitative estimate of drug-likeness (QED) is 0.0408. The van der Waals surface area contributed by atoms with Crippen LogP contribution in [0.1, 0.15) is 70.0 Å². The standard InChI is InChI=1S/C39H50N6O14/c1-16-11-10-12-17(2)37(53)42-28-23(15-41-43-38(40)44-45(54)55)32(50)25-26(33(28)51)31(49)21(6)35-27(25)36(52)39(8,59-35)57-14-13-24(56-9)18(3)34(58-22(7)46)20(5)30(48)19(4)29(16)47/h10-16,18-20,24,29-30,34,47-51H,1-9H3,(H,42,53)(H3,40,43,44)/t16-,18+,19-,20-,24+,29-,30-,34+,39-/m0/s1. The minimum absolute atomic E-state index is 0.0447. The third-order valence-corrected chi connectivity index (χ3v) is 10.6. The number of hydrogen-bond acceptors (Lipinski definition) is 16. The van der Waals surface area contributed by atoms with E-state index in [1.54, 1.807) is 39.2 Å². The van der Waals surface area contributed by atoms with Crippen LogP contribution in [-0.2, 0) is 23.8 Å². The zero-order valence-corrected chi connectivity index (χ0v) is 33.9. The monoisotopic (exact) mass is 826 g/mol. The van der Waals surface area contributed by atoms with E-state index in [4.69, 9.17) is 24.7 Å². The Hall–Kier alpha value is -6.25. The summed E-state index contributed by atoms with van der Waals surface area (Å²) in [5.74, 6) is -10.4. The van der Waals surface area contributed by atoms with Crippen LogP contribution in [-0.4, -0.2) is 97.7 Å². The van der Waals surface area contributed by atoms with Gasteiger partial charge >= 0.3 is 11.8 Å². The number of amides is 1. The van der Waals surface area contributed by atoms with Crippen molar-refractivity contribution in [2.24, 2.45) is 39.6 Å². The number of nitrogens with zero attached hydrogens (tertiary/aromatic N) is 3. The van der Waals surface area contributed by atoms with Crippen molar-refractivity contribution in [3.63, 3.8) is 0 Å². The minimum Gasteiger partial charge on any atom is -0.507 e. The average Bonchev–Trinajstić information content (AvgIpc) is 3.43. The summed E-state index contributed by atoms with van der Waals surface area (Å²) in [6.45, 7) is 12.0. The molecule has 2 aromatic carbocycles. The molecule has 9 N–H and O–H groups in total. The molecular weight excluding hydrogens is 776 g/mol. The maximum absolute atomic E-state index is 14.3. The number of Topliss-reactive ketones (excluding diaryl/α,β-unsaturated/α-hetero) is 1. The first-order valence-corrected chi connectivity index (χ1v) is 18.4. The van der Waals surface area contributed by atoms with Crippen LogP contribution in [0.15, 0.2) is 46.3 Å². The molecule has 5 rings (SSSR count). The molecule has 0 aliphatic carbocycles. The van der Waals surface area contributed by atoms with E-state index in [0.29, 0.717) is 0 Å². The van der Waals surface area contributed by atoms with Crippen molar-refractivity contribution in [1.82, 2.24) is 5.43 Å². The molecule has 0 saturated heterocycles. The van der Waals surface area contributed by atoms with E-state index >= 15 is 0 Å². The van der Waals surface area contributed by atoms with E-state index in [0.717, 1.165) is 12.5 Å². The molecule has 3 aliphatic rings. The lowest BCUT2D eigenvalue weighted by Crippen LogP contribution is -2.46. The second-order valence-electron chi connectivity index (χ2n) is 14.7. The molecular formula is C39H50N6O14. The Morgan fingerprint density at radius 3 is 2.31 bits per heavy atom. The van der Waals surface area contributed by atoms with Gasteiger partial charge in [0.1, 0.15) is 23.4 Å². The van der Waals surface area contributed by atoms with Crippen LogP contribution in [0.3, 0.4) is 0 Å². The maximum atomic E-state index is 14.3. The number of anilines is 1. The summed E-state index contributed by atoms with van der Waals surface area (Å²) in [5, 5.41) is 76.2. The second kappa shape index (κ2) is 18.1. The minimum atomic E-state index is -2.15. The summed E-state index contributed by atoms with van der Waals surface area (Å²) in [6.07, 6.45) is 3.73.